The fourth-order valence-electron chi connectivity index (χ4n) is 3.74. The van der Waals surface area contributed by atoms with E-state index in [1.54, 1.807) is 24.3 Å². The minimum Gasteiger partial charge on any atom is -0.422 e. The normalized spacial score (nSPS) is 11.0. The molecular formula is C27H19BrN2O3S. The van der Waals surface area contributed by atoms with E-state index in [2.05, 4.69) is 57.4 Å². The Morgan fingerprint density at radius 2 is 1.68 bits per heavy atom. The molecule has 5 aromatic rings. The molecule has 1 N–H and O–H groups in total. The Bertz CT molecular complexity index is 1560. The third-order valence-electron chi connectivity index (χ3n) is 5.44. The Morgan fingerprint density at radius 3 is 2.41 bits per heavy atom. The van der Waals surface area contributed by atoms with E-state index in [-0.39, 0.29) is 5.56 Å². The minimum absolute atomic E-state index is 0.0624. The van der Waals surface area contributed by atoms with Gasteiger partial charge in [0.1, 0.15) is 11.1 Å². The summed E-state index contributed by atoms with van der Waals surface area (Å²) in [5.74, 6) is -0.544. The van der Waals surface area contributed by atoms with Gasteiger partial charge in [-0.3, -0.25) is 10.1 Å². The van der Waals surface area contributed by atoms with Crippen LogP contribution in [0.15, 0.2) is 92.5 Å². The van der Waals surface area contributed by atoms with Crippen LogP contribution in [0.25, 0.3) is 33.4 Å². The topological polar surface area (TPSA) is 72.2 Å². The lowest BCUT2D eigenvalue weighted by molar-refractivity contribution is 0.102. The number of anilines is 1. The Morgan fingerprint density at radius 1 is 0.971 bits per heavy atom. The van der Waals surface area contributed by atoms with E-state index in [1.807, 2.05) is 30.3 Å². The monoisotopic (exact) mass is 530 g/mol. The fourth-order valence-corrected chi connectivity index (χ4v) is 5.04. The summed E-state index contributed by atoms with van der Waals surface area (Å²) in [5, 5.41) is 3.88. The van der Waals surface area contributed by atoms with Gasteiger partial charge < -0.3 is 4.42 Å². The summed E-state index contributed by atoms with van der Waals surface area (Å²) in [6.07, 6.45) is 0.773. The van der Waals surface area contributed by atoms with Gasteiger partial charge in [-0.05, 0) is 41.8 Å². The summed E-state index contributed by atoms with van der Waals surface area (Å²) in [5.41, 5.74) is 3.76. The summed E-state index contributed by atoms with van der Waals surface area (Å²) in [6, 6.07) is 25.2. The molecular weight excluding hydrogens is 512 g/mol. The SMILES string of the molecule is CCc1sc(NC(=O)c2cc3cc(Br)ccc3oc2=O)nc1-c1ccc(-c2ccccc2)cc1. The zero-order chi connectivity index (χ0) is 23.7. The molecule has 2 heterocycles. The van der Waals surface area contributed by atoms with Crippen molar-refractivity contribution in [2.24, 2.45) is 0 Å². The van der Waals surface area contributed by atoms with Crippen molar-refractivity contribution >= 4 is 49.3 Å². The average molecular weight is 531 g/mol. The molecule has 3 aromatic carbocycles. The molecule has 5 nitrogen and oxygen atoms in total. The van der Waals surface area contributed by atoms with Gasteiger partial charge >= 0.3 is 5.63 Å². The number of fused-ring (bicyclic) bond motifs is 1. The maximum absolute atomic E-state index is 12.9. The first-order valence-electron chi connectivity index (χ1n) is 10.7. The lowest BCUT2D eigenvalue weighted by Gasteiger charge is -2.04. The molecule has 0 bridgehead atoms. The number of carbonyl (C=O) groups excluding carboxylic acids is 1. The molecule has 2 aromatic heterocycles. The Labute approximate surface area is 208 Å². The van der Waals surface area contributed by atoms with Gasteiger partial charge in [0.15, 0.2) is 5.13 Å². The molecule has 5 rings (SSSR count). The van der Waals surface area contributed by atoms with Crippen LogP contribution in [0.5, 0.6) is 0 Å². The van der Waals surface area contributed by atoms with Gasteiger partial charge in [-0.2, -0.15) is 0 Å². The number of amides is 1. The number of benzene rings is 3. The molecule has 7 heteroatoms. The third-order valence-corrected chi connectivity index (χ3v) is 7.05. The molecule has 0 saturated carbocycles. The number of rotatable bonds is 5. The molecule has 0 unspecified atom stereocenters. The van der Waals surface area contributed by atoms with Crippen molar-refractivity contribution in [3.8, 4) is 22.4 Å². The van der Waals surface area contributed by atoms with E-state index in [4.69, 9.17) is 4.42 Å². The molecule has 0 atom stereocenters. The number of nitrogens with one attached hydrogen (secondary N) is 1. The predicted molar refractivity (Wildman–Crippen MR) is 141 cm³/mol. The quantitative estimate of drug-likeness (QED) is 0.244. The highest BCUT2D eigenvalue weighted by Gasteiger charge is 2.18. The van der Waals surface area contributed by atoms with Crippen LogP contribution in [0, 0.1) is 0 Å². The highest BCUT2D eigenvalue weighted by atomic mass is 79.9. The molecule has 0 aliphatic carbocycles. The Balaban J connectivity index is 1.42. The lowest BCUT2D eigenvalue weighted by atomic mass is 10.0. The second-order valence-corrected chi connectivity index (χ2v) is 9.67. The van der Waals surface area contributed by atoms with Crippen LogP contribution in [-0.4, -0.2) is 10.9 Å². The Hall–Kier alpha value is -3.55. The van der Waals surface area contributed by atoms with Gasteiger partial charge in [0.05, 0.1) is 5.69 Å². The maximum Gasteiger partial charge on any atom is 0.349 e. The second kappa shape index (κ2) is 9.37. The summed E-state index contributed by atoms with van der Waals surface area (Å²) >= 11 is 4.80. The smallest absolute Gasteiger partial charge is 0.349 e. The van der Waals surface area contributed by atoms with Crippen LogP contribution in [0.1, 0.15) is 22.2 Å². The summed E-state index contributed by atoms with van der Waals surface area (Å²) in [7, 11) is 0. The van der Waals surface area contributed by atoms with E-state index in [0.29, 0.717) is 16.1 Å². The molecule has 34 heavy (non-hydrogen) atoms. The van der Waals surface area contributed by atoms with E-state index < -0.39 is 11.5 Å². The summed E-state index contributed by atoms with van der Waals surface area (Å²) in [4.78, 5) is 31.0. The van der Waals surface area contributed by atoms with Crippen molar-refractivity contribution in [1.82, 2.24) is 4.98 Å². The number of nitrogens with zero attached hydrogens (tertiary/aromatic N) is 1. The van der Waals surface area contributed by atoms with Crippen molar-refractivity contribution in [2.75, 3.05) is 5.32 Å². The van der Waals surface area contributed by atoms with Crippen molar-refractivity contribution in [3.63, 3.8) is 0 Å². The van der Waals surface area contributed by atoms with E-state index in [0.717, 1.165) is 38.2 Å². The molecule has 0 aliphatic rings. The van der Waals surface area contributed by atoms with Gasteiger partial charge in [-0.25, -0.2) is 9.78 Å². The van der Waals surface area contributed by atoms with Crippen LogP contribution in [0.3, 0.4) is 0 Å². The summed E-state index contributed by atoms with van der Waals surface area (Å²) in [6.45, 7) is 2.05. The number of hydrogen-bond acceptors (Lipinski definition) is 5. The zero-order valence-corrected chi connectivity index (χ0v) is 20.6. The van der Waals surface area contributed by atoms with Crippen LogP contribution < -0.4 is 10.9 Å². The largest absolute Gasteiger partial charge is 0.422 e. The van der Waals surface area contributed by atoms with Crippen LogP contribution in [0.4, 0.5) is 5.13 Å². The number of aromatic nitrogens is 1. The minimum atomic E-state index is -0.684. The first-order valence-corrected chi connectivity index (χ1v) is 12.3. The highest BCUT2D eigenvalue weighted by molar-refractivity contribution is 9.10. The van der Waals surface area contributed by atoms with Crippen molar-refractivity contribution in [2.45, 2.75) is 13.3 Å². The molecule has 1 amide bonds. The standard InChI is InChI=1S/C27H19BrN2O3S/c1-2-23-24(18-10-8-17(9-11-18)16-6-4-3-5-7-16)29-27(34-23)30-25(31)21-15-19-14-20(28)12-13-22(19)33-26(21)32/h3-15H,2H2,1H3,(H,29,30,31). The molecule has 0 fully saturated rings. The van der Waals surface area contributed by atoms with Crippen molar-refractivity contribution in [1.29, 1.82) is 0 Å². The van der Waals surface area contributed by atoms with Crippen LogP contribution in [-0.2, 0) is 6.42 Å². The van der Waals surface area contributed by atoms with Crippen LogP contribution >= 0.6 is 27.3 Å². The molecule has 0 saturated heterocycles. The van der Waals surface area contributed by atoms with Gasteiger partial charge in [0.2, 0.25) is 0 Å². The van der Waals surface area contributed by atoms with Gasteiger partial charge in [0, 0.05) is 20.3 Å². The molecule has 0 radical (unpaired) electrons. The molecule has 0 spiro atoms. The van der Waals surface area contributed by atoms with Crippen LogP contribution in [0.2, 0.25) is 0 Å². The number of halogens is 1. The van der Waals surface area contributed by atoms with Crippen molar-refractivity contribution < 1.29 is 9.21 Å². The summed E-state index contributed by atoms with van der Waals surface area (Å²) < 4.78 is 6.15. The number of hydrogen-bond donors (Lipinski definition) is 1. The molecule has 168 valence electrons. The van der Waals surface area contributed by atoms with E-state index >= 15 is 0 Å². The fraction of sp³-hybridized carbons (Fsp3) is 0.0741. The highest BCUT2D eigenvalue weighted by Crippen LogP contribution is 2.33. The number of carbonyl (C=O) groups is 1. The molecule has 0 aliphatic heterocycles. The van der Waals surface area contributed by atoms with Gasteiger partial charge in [-0.1, -0.05) is 77.5 Å². The average Bonchev–Trinajstić information content (AvgIpc) is 3.27. The van der Waals surface area contributed by atoms with Gasteiger partial charge in [0.25, 0.3) is 5.91 Å². The first-order chi connectivity index (χ1) is 16.5. The van der Waals surface area contributed by atoms with Crippen molar-refractivity contribution in [3.05, 3.63) is 104 Å². The van der Waals surface area contributed by atoms with Gasteiger partial charge in [-0.15, -0.1) is 11.3 Å². The first kappa shape index (κ1) is 22.3. The second-order valence-electron chi connectivity index (χ2n) is 7.67. The van der Waals surface area contributed by atoms with E-state index in [1.165, 1.54) is 11.3 Å². The Kier molecular flexibility index (Phi) is 6.13. The zero-order valence-electron chi connectivity index (χ0n) is 18.2. The maximum atomic E-state index is 12.9. The third kappa shape index (κ3) is 4.44. The predicted octanol–water partition coefficient (Wildman–Crippen LogP) is 7.16. The number of thiazole rings is 1. The lowest BCUT2D eigenvalue weighted by Crippen LogP contribution is -2.20. The van der Waals surface area contributed by atoms with E-state index in [9.17, 15) is 9.59 Å². The number of aryl methyl sites for hydroxylation is 1.